The van der Waals surface area contributed by atoms with Crippen LogP contribution in [0.4, 0.5) is 5.69 Å². The molecular weight excluding hydrogens is 260 g/mol. The minimum atomic E-state index is -0.0731. The first-order chi connectivity index (χ1) is 9.96. The number of carbonyl (C=O) groups excluding carboxylic acids is 1. The number of nitrogens with one attached hydrogen (secondary N) is 2. The molecule has 0 aliphatic heterocycles. The molecule has 0 bridgehead atoms. The van der Waals surface area contributed by atoms with E-state index in [2.05, 4.69) is 10.6 Å². The first-order valence-corrected chi connectivity index (χ1v) is 7.15. The van der Waals surface area contributed by atoms with Crippen molar-refractivity contribution >= 4 is 11.6 Å². The predicted molar refractivity (Wildman–Crippen MR) is 88.3 cm³/mol. The number of para-hydroxylation sites is 1. The van der Waals surface area contributed by atoms with Crippen LogP contribution in [0.3, 0.4) is 0 Å². The number of anilines is 1. The molecule has 0 radical (unpaired) electrons. The molecule has 3 nitrogen and oxygen atoms in total. The number of carbonyl (C=O) groups is 1. The van der Waals surface area contributed by atoms with E-state index in [1.807, 2.05) is 75.4 Å². The van der Waals surface area contributed by atoms with Gasteiger partial charge in [0, 0.05) is 16.8 Å². The second-order valence-corrected chi connectivity index (χ2v) is 6.06. The fourth-order valence-corrected chi connectivity index (χ4v) is 2.00. The van der Waals surface area contributed by atoms with Crippen molar-refractivity contribution in [1.29, 1.82) is 0 Å². The Kier molecular flexibility index (Phi) is 4.76. The molecule has 0 heterocycles. The lowest BCUT2D eigenvalue weighted by molar-refractivity contribution is -0.115. The molecule has 1 amide bonds. The SMILES string of the molecule is CC(C)(C)NCC(=O)Nc1ccccc1-c1ccccc1. The molecule has 2 aromatic rings. The van der Waals surface area contributed by atoms with Crippen LogP contribution in [-0.4, -0.2) is 18.0 Å². The van der Waals surface area contributed by atoms with Gasteiger partial charge in [-0.15, -0.1) is 0 Å². The van der Waals surface area contributed by atoms with Crippen LogP contribution in [0.25, 0.3) is 11.1 Å². The lowest BCUT2D eigenvalue weighted by Crippen LogP contribution is -2.41. The van der Waals surface area contributed by atoms with Crippen molar-refractivity contribution < 1.29 is 4.79 Å². The molecule has 0 saturated heterocycles. The van der Waals surface area contributed by atoms with Crippen LogP contribution in [0.1, 0.15) is 20.8 Å². The topological polar surface area (TPSA) is 41.1 Å². The Morgan fingerprint density at radius 1 is 0.952 bits per heavy atom. The van der Waals surface area contributed by atoms with Crippen LogP contribution in [0, 0.1) is 0 Å². The largest absolute Gasteiger partial charge is 0.324 e. The van der Waals surface area contributed by atoms with E-state index in [1.54, 1.807) is 0 Å². The third kappa shape index (κ3) is 4.72. The monoisotopic (exact) mass is 282 g/mol. The zero-order chi connectivity index (χ0) is 15.3. The van der Waals surface area contributed by atoms with Gasteiger partial charge in [0.05, 0.1) is 6.54 Å². The van der Waals surface area contributed by atoms with E-state index in [-0.39, 0.29) is 11.4 Å². The molecule has 0 aromatic heterocycles. The van der Waals surface area contributed by atoms with Crippen molar-refractivity contribution in [2.75, 3.05) is 11.9 Å². The van der Waals surface area contributed by atoms with Gasteiger partial charge in [-0.05, 0) is 32.4 Å². The Balaban J connectivity index is 2.13. The minimum absolute atomic E-state index is 0.0340. The van der Waals surface area contributed by atoms with E-state index in [1.165, 1.54) is 0 Å². The zero-order valence-electron chi connectivity index (χ0n) is 12.8. The van der Waals surface area contributed by atoms with Gasteiger partial charge in [-0.1, -0.05) is 48.5 Å². The molecule has 0 spiro atoms. The average molecular weight is 282 g/mol. The van der Waals surface area contributed by atoms with Crippen LogP contribution >= 0.6 is 0 Å². The number of amides is 1. The second-order valence-electron chi connectivity index (χ2n) is 6.06. The van der Waals surface area contributed by atoms with Crippen molar-refractivity contribution in [3.8, 4) is 11.1 Å². The summed E-state index contributed by atoms with van der Waals surface area (Å²) >= 11 is 0. The van der Waals surface area contributed by atoms with E-state index in [0.29, 0.717) is 6.54 Å². The standard InChI is InChI=1S/C18H22N2O/c1-18(2,3)19-13-17(21)20-16-12-8-7-11-15(16)14-9-5-4-6-10-14/h4-12,19H,13H2,1-3H3,(H,20,21). The predicted octanol–water partition coefficient (Wildman–Crippen LogP) is 3.68. The summed E-state index contributed by atoms with van der Waals surface area (Å²) < 4.78 is 0. The lowest BCUT2D eigenvalue weighted by Gasteiger charge is -2.20. The molecule has 0 atom stereocenters. The Hall–Kier alpha value is -2.13. The summed E-state index contributed by atoms with van der Waals surface area (Å²) in [4.78, 5) is 12.1. The smallest absolute Gasteiger partial charge is 0.238 e. The van der Waals surface area contributed by atoms with Crippen LogP contribution in [0.15, 0.2) is 54.6 Å². The molecular formula is C18H22N2O. The van der Waals surface area contributed by atoms with E-state index in [9.17, 15) is 4.79 Å². The molecule has 0 aliphatic carbocycles. The molecule has 3 heteroatoms. The highest BCUT2D eigenvalue weighted by Crippen LogP contribution is 2.27. The molecule has 2 aromatic carbocycles. The molecule has 0 saturated carbocycles. The van der Waals surface area contributed by atoms with E-state index >= 15 is 0 Å². The number of hydrogen-bond donors (Lipinski definition) is 2. The highest BCUT2D eigenvalue weighted by molar-refractivity contribution is 5.96. The van der Waals surface area contributed by atoms with Gasteiger partial charge in [-0.3, -0.25) is 4.79 Å². The van der Waals surface area contributed by atoms with Crippen LogP contribution in [-0.2, 0) is 4.79 Å². The fraction of sp³-hybridized carbons (Fsp3) is 0.278. The maximum atomic E-state index is 12.1. The van der Waals surface area contributed by atoms with Crippen LogP contribution in [0.2, 0.25) is 0 Å². The van der Waals surface area contributed by atoms with Gasteiger partial charge in [-0.2, -0.15) is 0 Å². The quantitative estimate of drug-likeness (QED) is 0.898. The van der Waals surface area contributed by atoms with Crippen molar-refractivity contribution in [2.24, 2.45) is 0 Å². The van der Waals surface area contributed by atoms with Gasteiger partial charge < -0.3 is 10.6 Å². The van der Waals surface area contributed by atoms with Gasteiger partial charge >= 0.3 is 0 Å². The summed E-state index contributed by atoms with van der Waals surface area (Å²) in [5, 5.41) is 6.17. The first-order valence-electron chi connectivity index (χ1n) is 7.15. The summed E-state index contributed by atoms with van der Waals surface area (Å²) in [6.07, 6.45) is 0. The molecule has 2 N–H and O–H groups in total. The van der Waals surface area contributed by atoms with E-state index in [0.717, 1.165) is 16.8 Å². The number of benzene rings is 2. The third-order valence-corrected chi connectivity index (χ3v) is 3.07. The summed E-state index contributed by atoms with van der Waals surface area (Å²) in [6.45, 7) is 6.42. The first kappa shape index (κ1) is 15.3. The Bertz CT molecular complexity index is 600. The fourth-order valence-electron chi connectivity index (χ4n) is 2.00. The highest BCUT2D eigenvalue weighted by Gasteiger charge is 2.12. The normalized spacial score (nSPS) is 11.2. The molecule has 110 valence electrons. The van der Waals surface area contributed by atoms with Crippen molar-refractivity contribution in [3.63, 3.8) is 0 Å². The van der Waals surface area contributed by atoms with Gasteiger partial charge in [0.1, 0.15) is 0 Å². The Labute approximate surface area is 126 Å². The van der Waals surface area contributed by atoms with Gasteiger partial charge in [0.2, 0.25) is 5.91 Å². The maximum Gasteiger partial charge on any atom is 0.238 e. The zero-order valence-corrected chi connectivity index (χ0v) is 12.8. The second kappa shape index (κ2) is 6.55. The Morgan fingerprint density at radius 2 is 1.57 bits per heavy atom. The maximum absolute atomic E-state index is 12.1. The lowest BCUT2D eigenvalue weighted by atomic mass is 10.0. The van der Waals surface area contributed by atoms with Crippen molar-refractivity contribution in [3.05, 3.63) is 54.6 Å². The molecule has 2 rings (SSSR count). The van der Waals surface area contributed by atoms with Gasteiger partial charge in [0.15, 0.2) is 0 Å². The van der Waals surface area contributed by atoms with Crippen molar-refractivity contribution in [2.45, 2.75) is 26.3 Å². The van der Waals surface area contributed by atoms with Crippen LogP contribution < -0.4 is 10.6 Å². The van der Waals surface area contributed by atoms with Crippen molar-refractivity contribution in [1.82, 2.24) is 5.32 Å². The summed E-state index contributed by atoms with van der Waals surface area (Å²) in [7, 11) is 0. The molecule has 21 heavy (non-hydrogen) atoms. The minimum Gasteiger partial charge on any atom is -0.324 e. The summed E-state index contributed by atoms with van der Waals surface area (Å²) in [5.41, 5.74) is 2.89. The van der Waals surface area contributed by atoms with Gasteiger partial charge in [0.25, 0.3) is 0 Å². The van der Waals surface area contributed by atoms with E-state index in [4.69, 9.17) is 0 Å². The number of rotatable bonds is 4. The third-order valence-electron chi connectivity index (χ3n) is 3.07. The summed E-state index contributed by atoms with van der Waals surface area (Å²) in [5.74, 6) is -0.0340. The van der Waals surface area contributed by atoms with Crippen LogP contribution in [0.5, 0.6) is 0 Å². The van der Waals surface area contributed by atoms with Gasteiger partial charge in [-0.25, -0.2) is 0 Å². The molecule has 0 unspecified atom stereocenters. The highest BCUT2D eigenvalue weighted by atomic mass is 16.1. The molecule has 0 aliphatic rings. The Morgan fingerprint density at radius 3 is 2.24 bits per heavy atom. The van der Waals surface area contributed by atoms with E-state index < -0.39 is 0 Å². The molecule has 0 fully saturated rings. The summed E-state index contributed by atoms with van der Waals surface area (Å²) in [6, 6.07) is 17.9. The number of hydrogen-bond acceptors (Lipinski definition) is 2. The average Bonchev–Trinajstić information content (AvgIpc) is 2.46.